The normalized spacial score (nSPS) is 11.4. The number of rotatable bonds is 7. The summed E-state index contributed by atoms with van der Waals surface area (Å²) in [7, 11) is -2.49. The Kier molecular flexibility index (Phi) is 5.80. The molecule has 0 atom stereocenters. The van der Waals surface area contributed by atoms with Crippen LogP contribution in [0.25, 0.3) is 10.6 Å². The monoisotopic (exact) mass is 459 g/mol. The van der Waals surface area contributed by atoms with Crippen molar-refractivity contribution < 1.29 is 13.2 Å². The van der Waals surface area contributed by atoms with E-state index < -0.39 is 10.0 Å². The molecule has 0 spiro atoms. The van der Waals surface area contributed by atoms with Crippen LogP contribution >= 0.6 is 22.9 Å². The van der Waals surface area contributed by atoms with Gasteiger partial charge in [-0.05, 0) is 35.2 Å². The lowest BCUT2D eigenvalue weighted by molar-refractivity contribution is 0.417. The number of nitrogens with one attached hydrogen (secondary N) is 1. The topological polar surface area (TPSA) is 73.2 Å². The van der Waals surface area contributed by atoms with Crippen molar-refractivity contribution in [3.05, 3.63) is 82.8 Å². The molecule has 0 aliphatic heterocycles. The van der Waals surface area contributed by atoms with Crippen LogP contribution in [-0.4, -0.2) is 25.3 Å². The number of methoxy groups -OCH3 is 1. The number of hydrogen-bond acceptors (Lipinski definition) is 5. The first-order valence-electron chi connectivity index (χ1n) is 8.98. The van der Waals surface area contributed by atoms with E-state index in [9.17, 15) is 8.42 Å². The van der Waals surface area contributed by atoms with Crippen molar-refractivity contribution in [1.29, 1.82) is 0 Å². The Labute approximate surface area is 183 Å². The second kappa shape index (κ2) is 8.51. The molecule has 2 aromatic carbocycles. The molecule has 30 heavy (non-hydrogen) atoms. The fourth-order valence-electron chi connectivity index (χ4n) is 2.99. The Morgan fingerprint density at radius 1 is 1.13 bits per heavy atom. The van der Waals surface area contributed by atoms with Gasteiger partial charge in [-0.2, -0.15) is 5.10 Å². The van der Waals surface area contributed by atoms with Crippen LogP contribution in [0.15, 0.2) is 77.1 Å². The second-order valence-corrected chi connectivity index (χ2v) is 9.49. The molecular formula is C21H18ClN3O3S2. The third-order valence-corrected chi connectivity index (χ3v) is 6.84. The quantitative estimate of drug-likeness (QED) is 0.416. The molecule has 6 nitrogen and oxygen atoms in total. The molecule has 4 aromatic rings. The van der Waals surface area contributed by atoms with Crippen LogP contribution in [0.4, 0.5) is 5.69 Å². The largest absolute Gasteiger partial charge is 0.495 e. The average molecular weight is 460 g/mol. The third kappa shape index (κ3) is 4.35. The summed E-state index contributed by atoms with van der Waals surface area (Å²) in [4.78, 5) is 0.850. The highest BCUT2D eigenvalue weighted by Crippen LogP contribution is 2.34. The summed E-state index contributed by atoms with van der Waals surface area (Å²) in [5, 5.41) is 6.85. The minimum absolute atomic E-state index is 0.0860. The summed E-state index contributed by atoms with van der Waals surface area (Å²) in [6, 6.07) is 18.2. The predicted octanol–water partition coefficient (Wildman–Crippen LogP) is 5.12. The molecule has 2 aromatic heterocycles. The van der Waals surface area contributed by atoms with E-state index >= 15 is 0 Å². The Balaban J connectivity index is 1.75. The summed E-state index contributed by atoms with van der Waals surface area (Å²) in [5.41, 5.74) is 1.68. The lowest BCUT2D eigenvalue weighted by Crippen LogP contribution is -2.14. The number of hydrogen-bond donors (Lipinski definition) is 1. The number of nitrogens with zero attached hydrogens (tertiary/aromatic N) is 2. The molecule has 0 saturated heterocycles. The maximum absolute atomic E-state index is 13.3. The van der Waals surface area contributed by atoms with Gasteiger partial charge in [-0.15, -0.1) is 11.3 Å². The highest BCUT2D eigenvalue weighted by molar-refractivity contribution is 7.92. The van der Waals surface area contributed by atoms with Crippen LogP contribution in [-0.2, 0) is 16.6 Å². The van der Waals surface area contributed by atoms with Crippen molar-refractivity contribution in [3.8, 4) is 16.3 Å². The number of thiophene rings is 1. The fourth-order valence-corrected chi connectivity index (χ4v) is 5.18. The molecular weight excluding hydrogens is 442 g/mol. The van der Waals surface area contributed by atoms with Gasteiger partial charge in [-0.25, -0.2) is 8.42 Å². The number of halogens is 1. The molecule has 0 amide bonds. The van der Waals surface area contributed by atoms with Crippen molar-refractivity contribution in [1.82, 2.24) is 9.78 Å². The van der Waals surface area contributed by atoms with Crippen molar-refractivity contribution in [2.75, 3.05) is 11.8 Å². The zero-order valence-electron chi connectivity index (χ0n) is 15.9. The minimum Gasteiger partial charge on any atom is -0.495 e. The van der Waals surface area contributed by atoms with Crippen LogP contribution in [0.1, 0.15) is 5.56 Å². The first-order chi connectivity index (χ1) is 14.5. The van der Waals surface area contributed by atoms with Gasteiger partial charge in [0.05, 0.1) is 24.2 Å². The molecule has 0 saturated carbocycles. The highest BCUT2D eigenvalue weighted by atomic mass is 35.5. The van der Waals surface area contributed by atoms with Crippen LogP contribution in [0.5, 0.6) is 5.75 Å². The van der Waals surface area contributed by atoms with Gasteiger partial charge in [0.15, 0.2) is 0 Å². The maximum atomic E-state index is 13.3. The molecule has 2 heterocycles. The van der Waals surface area contributed by atoms with Crippen LogP contribution in [0.3, 0.4) is 0 Å². The standard InChI is InChI=1S/C21H18ClN3O3S2/c1-28-18-10-9-16(22)12-17(18)24-30(26,27)20-14-25(13-15-6-3-2-4-7-15)23-21(20)19-8-5-11-29-19/h2-12,14,24H,13H2,1H3. The van der Waals surface area contributed by atoms with Crippen molar-refractivity contribution in [2.24, 2.45) is 0 Å². The molecule has 0 bridgehead atoms. The SMILES string of the molecule is COc1ccc(Cl)cc1NS(=O)(=O)c1cn(Cc2ccccc2)nc1-c1cccs1. The van der Waals surface area contributed by atoms with E-state index in [0.29, 0.717) is 23.0 Å². The van der Waals surface area contributed by atoms with Gasteiger partial charge in [0.1, 0.15) is 16.3 Å². The molecule has 9 heteroatoms. The van der Waals surface area contributed by atoms with E-state index in [2.05, 4.69) is 9.82 Å². The Hall–Kier alpha value is -2.81. The number of benzene rings is 2. The number of sulfonamides is 1. The molecule has 1 N–H and O–H groups in total. The van der Waals surface area contributed by atoms with E-state index in [1.807, 2.05) is 47.8 Å². The lowest BCUT2D eigenvalue weighted by atomic mass is 10.2. The van der Waals surface area contributed by atoms with Gasteiger partial charge in [-0.3, -0.25) is 9.40 Å². The van der Waals surface area contributed by atoms with E-state index in [0.717, 1.165) is 10.4 Å². The molecule has 0 unspecified atom stereocenters. The van der Waals surface area contributed by atoms with E-state index in [4.69, 9.17) is 16.3 Å². The Morgan fingerprint density at radius 2 is 1.93 bits per heavy atom. The highest BCUT2D eigenvalue weighted by Gasteiger charge is 2.25. The number of anilines is 1. The van der Waals surface area contributed by atoms with Gasteiger partial charge in [0.2, 0.25) is 0 Å². The molecule has 0 fully saturated rings. The van der Waals surface area contributed by atoms with Crippen molar-refractivity contribution in [2.45, 2.75) is 11.4 Å². The smallest absolute Gasteiger partial charge is 0.265 e. The van der Waals surface area contributed by atoms with Crippen molar-refractivity contribution >= 4 is 38.6 Å². The Morgan fingerprint density at radius 3 is 2.63 bits per heavy atom. The number of ether oxygens (including phenoxy) is 1. The summed E-state index contributed by atoms with van der Waals surface area (Å²) < 4.78 is 36.1. The van der Waals surface area contributed by atoms with Crippen LogP contribution in [0, 0.1) is 0 Å². The minimum atomic E-state index is -3.96. The molecule has 4 rings (SSSR count). The zero-order chi connectivity index (χ0) is 21.1. The first-order valence-corrected chi connectivity index (χ1v) is 11.7. The van der Waals surface area contributed by atoms with E-state index in [1.54, 1.807) is 23.0 Å². The summed E-state index contributed by atoms with van der Waals surface area (Å²) in [6.07, 6.45) is 1.54. The van der Waals surface area contributed by atoms with Gasteiger partial charge < -0.3 is 4.74 Å². The van der Waals surface area contributed by atoms with Crippen LogP contribution in [0.2, 0.25) is 5.02 Å². The summed E-state index contributed by atoms with van der Waals surface area (Å²) in [6.45, 7) is 0.454. The molecule has 154 valence electrons. The van der Waals surface area contributed by atoms with Crippen molar-refractivity contribution in [3.63, 3.8) is 0 Å². The van der Waals surface area contributed by atoms with Gasteiger partial charge >= 0.3 is 0 Å². The lowest BCUT2D eigenvalue weighted by Gasteiger charge is -2.12. The third-order valence-electron chi connectivity index (χ3n) is 4.37. The van der Waals surface area contributed by atoms with E-state index in [-0.39, 0.29) is 10.6 Å². The van der Waals surface area contributed by atoms with Crippen LogP contribution < -0.4 is 9.46 Å². The predicted molar refractivity (Wildman–Crippen MR) is 120 cm³/mol. The van der Waals surface area contributed by atoms with Gasteiger partial charge in [0.25, 0.3) is 10.0 Å². The maximum Gasteiger partial charge on any atom is 0.265 e. The Bertz CT molecular complexity index is 1250. The molecule has 0 aliphatic rings. The summed E-state index contributed by atoms with van der Waals surface area (Å²) in [5.74, 6) is 0.373. The van der Waals surface area contributed by atoms with Gasteiger partial charge in [-0.1, -0.05) is 48.0 Å². The number of aromatic nitrogens is 2. The molecule has 0 aliphatic carbocycles. The van der Waals surface area contributed by atoms with E-state index in [1.165, 1.54) is 24.5 Å². The summed E-state index contributed by atoms with van der Waals surface area (Å²) >= 11 is 7.48. The second-order valence-electron chi connectivity index (χ2n) is 6.45. The fraction of sp³-hybridized carbons (Fsp3) is 0.0952. The first kappa shape index (κ1) is 20.5. The average Bonchev–Trinajstić information content (AvgIpc) is 3.39. The zero-order valence-corrected chi connectivity index (χ0v) is 18.3. The molecule has 0 radical (unpaired) electrons. The van der Waals surface area contributed by atoms with Gasteiger partial charge in [0, 0.05) is 11.2 Å².